The minimum absolute atomic E-state index is 0.114. The molecular formula is C26H20F3N5O4. The van der Waals surface area contributed by atoms with Crippen molar-refractivity contribution < 1.29 is 32.2 Å². The number of fused-ring (bicyclic) bond motifs is 1. The normalized spacial score (nSPS) is 12.6. The topological polar surface area (TPSA) is 100 Å². The fraction of sp³-hybridized carbons (Fsp3) is 0.154. The first-order chi connectivity index (χ1) is 18.3. The van der Waals surface area contributed by atoms with Gasteiger partial charge < -0.3 is 19.5 Å². The molecule has 0 spiro atoms. The van der Waals surface area contributed by atoms with Gasteiger partial charge >= 0.3 is 12.1 Å². The number of anilines is 2. The number of hydrogen-bond donors (Lipinski definition) is 1. The van der Waals surface area contributed by atoms with Crippen LogP contribution >= 0.6 is 0 Å². The zero-order chi connectivity index (χ0) is 26.7. The minimum atomic E-state index is -4.62. The number of ether oxygens (including phenoxy) is 3. The number of nitrogens with one attached hydrogen (secondary N) is 1. The molecule has 0 radical (unpaired) electrons. The van der Waals surface area contributed by atoms with Crippen LogP contribution in [0.25, 0.3) is 23.0 Å². The molecule has 1 N–H and O–H groups in total. The second-order valence-corrected chi connectivity index (χ2v) is 7.98. The van der Waals surface area contributed by atoms with Gasteiger partial charge in [-0.1, -0.05) is 18.2 Å². The maximum absolute atomic E-state index is 13.3. The SMILES string of the molecule is CCOC(=O)/C=C/c1cccc(-c2cnc(Nc3ccc4c(c3)OCO4)nc2-n2ccc(C(F)(F)F)n2)c1. The maximum atomic E-state index is 13.3. The Morgan fingerprint density at radius 1 is 1.16 bits per heavy atom. The second-order valence-electron chi connectivity index (χ2n) is 7.98. The summed E-state index contributed by atoms with van der Waals surface area (Å²) >= 11 is 0. The summed E-state index contributed by atoms with van der Waals surface area (Å²) in [6.07, 6.45) is 0.920. The summed E-state index contributed by atoms with van der Waals surface area (Å²) in [4.78, 5) is 20.5. The van der Waals surface area contributed by atoms with E-state index < -0.39 is 17.8 Å². The van der Waals surface area contributed by atoms with Crippen molar-refractivity contribution in [1.29, 1.82) is 0 Å². The van der Waals surface area contributed by atoms with Crippen LogP contribution in [0, 0.1) is 0 Å². The van der Waals surface area contributed by atoms with E-state index in [1.165, 1.54) is 18.5 Å². The Hall–Kier alpha value is -4.87. The third kappa shape index (κ3) is 5.43. The zero-order valence-electron chi connectivity index (χ0n) is 19.9. The Labute approximate surface area is 214 Å². The summed E-state index contributed by atoms with van der Waals surface area (Å²) in [7, 11) is 0. The van der Waals surface area contributed by atoms with E-state index in [0.717, 1.165) is 10.7 Å². The molecule has 194 valence electrons. The van der Waals surface area contributed by atoms with Crippen LogP contribution in [0.2, 0.25) is 0 Å². The molecule has 0 amide bonds. The highest BCUT2D eigenvalue weighted by Gasteiger charge is 2.34. The first kappa shape index (κ1) is 24.8. The van der Waals surface area contributed by atoms with Crippen LogP contribution in [-0.4, -0.2) is 39.1 Å². The van der Waals surface area contributed by atoms with E-state index in [1.807, 2.05) is 0 Å². The van der Waals surface area contributed by atoms with Gasteiger partial charge in [-0.25, -0.2) is 14.5 Å². The predicted molar refractivity (Wildman–Crippen MR) is 131 cm³/mol. The van der Waals surface area contributed by atoms with Crippen LogP contribution in [0.5, 0.6) is 11.5 Å². The summed E-state index contributed by atoms with van der Waals surface area (Å²) in [6, 6.07) is 13.0. The van der Waals surface area contributed by atoms with Crippen molar-refractivity contribution in [3.8, 4) is 28.4 Å². The molecule has 0 saturated heterocycles. The molecule has 9 nitrogen and oxygen atoms in total. The fourth-order valence-corrected chi connectivity index (χ4v) is 3.67. The average Bonchev–Trinajstić information content (AvgIpc) is 3.58. The minimum Gasteiger partial charge on any atom is -0.463 e. The van der Waals surface area contributed by atoms with Crippen LogP contribution in [0.1, 0.15) is 18.2 Å². The Bertz CT molecular complexity index is 1520. The second kappa shape index (κ2) is 10.2. The third-order valence-corrected chi connectivity index (χ3v) is 5.39. The van der Waals surface area contributed by atoms with Gasteiger partial charge in [0.05, 0.1) is 6.61 Å². The third-order valence-electron chi connectivity index (χ3n) is 5.39. The van der Waals surface area contributed by atoms with Crippen LogP contribution in [0.3, 0.4) is 0 Å². The number of hydrogen-bond acceptors (Lipinski definition) is 8. The first-order valence-electron chi connectivity index (χ1n) is 11.4. The largest absolute Gasteiger partial charge is 0.463 e. The summed E-state index contributed by atoms with van der Waals surface area (Å²) in [6.45, 7) is 2.07. The standard InChI is InChI=1S/C26H20F3N5O4/c1-2-36-23(35)9-6-16-4-3-5-17(12-16)19-14-30-25(31-18-7-8-20-21(13-18)38-15-37-20)32-24(19)34-11-10-22(33-34)26(27,28)29/h3-14H,2,15H2,1H3,(H,30,31,32)/b9-6+. The summed E-state index contributed by atoms with van der Waals surface area (Å²) in [5.74, 6) is 0.898. The molecule has 0 fully saturated rings. The molecule has 2 aromatic carbocycles. The number of carbonyl (C=O) groups excluding carboxylic acids is 1. The van der Waals surface area contributed by atoms with Gasteiger partial charge in [-0.15, -0.1) is 0 Å². The molecule has 4 aromatic rings. The summed E-state index contributed by atoms with van der Waals surface area (Å²) in [5.41, 5.74) is 1.23. The van der Waals surface area contributed by atoms with Gasteiger partial charge in [0.25, 0.3) is 0 Å². The Balaban J connectivity index is 1.53. The molecule has 0 bridgehead atoms. The van der Waals surface area contributed by atoms with Crippen LogP contribution in [0.4, 0.5) is 24.8 Å². The van der Waals surface area contributed by atoms with Gasteiger partial charge in [-0.3, -0.25) is 0 Å². The van der Waals surface area contributed by atoms with E-state index in [4.69, 9.17) is 14.2 Å². The number of rotatable bonds is 7. The Morgan fingerprint density at radius 2 is 2.00 bits per heavy atom. The quantitative estimate of drug-likeness (QED) is 0.254. The molecule has 38 heavy (non-hydrogen) atoms. The van der Waals surface area contributed by atoms with E-state index >= 15 is 0 Å². The van der Waals surface area contributed by atoms with Crippen LogP contribution in [-0.2, 0) is 15.7 Å². The van der Waals surface area contributed by atoms with Gasteiger partial charge in [0.15, 0.2) is 23.0 Å². The van der Waals surface area contributed by atoms with Crippen molar-refractivity contribution >= 4 is 23.7 Å². The first-order valence-corrected chi connectivity index (χ1v) is 11.4. The molecule has 3 heterocycles. The van der Waals surface area contributed by atoms with Gasteiger partial charge in [-0.2, -0.15) is 23.3 Å². The van der Waals surface area contributed by atoms with Gasteiger partial charge in [0.1, 0.15) is 0 Å². The van der Waals surface area contributed by atoms with E-state index in [2.05, 4.69) is 20.4 Å². The zero-order valence-corrected chi connectivity index (χ0v) is 19.9. The number of alkyl halides is 3. The molecule has 0 unspecified atom stereocenters. The lowest BCUT2D eigenvalue weighted by Crippen LogP contribution is -2.10. The Kier molecular flexibility index (Phi) is 6.69. The monoisotopic (exact) mass is 523 g/mol. The number of aromatic nitrogens is 4. The van der Waals surface area contributed by atoms with Crippen molar-refractivity contribution in [3.05, 3.63) is 78.3 Å². The molecule has 12 heteroatoms. The van der Waals surface area contributed by atoms with Crippen molar-refractivity contribution in [2.45, 2.75) is 13.1 Å². The van der Waals surface area contributed by atoms with Crippen LogP contribution in [0.15, 0.2) is 67.0 Å². The van der Waals surface area contributed by atoms with Crippen molar-refractivity contribution in [3.63, 3.8) is 0 Å². The van der Waals surface area contributed by atoms with Crippen LogP contribution < -0.4 is 14.8 Å². The lowest BCUT2D eigenvalue weighted by molar-refractivity contribution is -0.141. The van der Waals surface area contributed by atoms with Crippen molar-refractivity contribution in [2.24, 2.45) is 0 Å². The molecule has 1 aliphatic heterocycles. The summed E-state index contributed by atoms with van der Waals surface area (Å²) in [5, 5.41) is 6.73. The molecule has 5 rings (SSSR count). The van der Waals surface area contributed by atoms with E-state index in [-0.39, 0.29) is 25.2 Å². The van der Waals surface area contributed by atoms with Crippen molar-refractivity contribution in [1.82, 2.24) is 19.7 Å². The predicted octanol–water partition coefficient (Wildman–Crippen LogP) is 5.40. The highest BCUT2D eigenvalue weighted by molar-refractivity contribution is 5.87. The molecular weight excluding hydrogens is 503 g/mol. The lowest BCUT2D eigenvalue weighted by Gasteiger charge is -2.12. The molecule has 0 atom stereocenters. The van der Waals surface area contributed by atoms with E-state index in [0.29, 0.717) is 33.9 Å². The number of nitrogens with zero attached hydrogens (tertiary/aromatic N) is 4. The summed E-state index contributed by atoms with van der Waals surface area (Å²) < 4.78 is 56.5. The van der Waals surface area contributed by atoms with E-state index in [9.17, 15) is 18.0 Å². The molecule has 0 aliphatic carbocycles. The maximum Gasteiger partial charge on any atom is 0.435 e. The smallest absolute Gasteiger partial charge is 0.435 e. The number of esters is 1. The number of halogens is 3. The molecule has 2 aromatic heterocycles. The van der Waals surface area contributed by atoms with Crippen molar-refractivity contribution in [2.75, 3.05) is 18.7 Å². The average molecular weight is 523 g/mol. The van der Waals surface area contributed by atoms with Gasteiger partial charge in [-0.05, 0) is 48.4 Å². The van der Waals surface area contributed by atoms with Gasteiger partial charge in [0.2, 0.25) is 12.7 Å². The highest BCUT2D eigenvalue weighted by Crippen LogP contribution is 2.35. The number of benzene rings is 2. The van der Waals surface area contributed by atoms with E-state index in [1.54, 1.807) is 55.5 Å². The number of carbonyl (C=O) groups is 1. The molecule has 0 saturated carbocycles. The fourth-order valence-electron chi connectivity index (χ4n) is 3.67. The Morgan fingerprint density at radius 3 is 2.79 bits per heavy atom. The van der Waals surface area contributed by atoms with Gasteiger partial charge in [0, 0.05) is 35.8 Å². The molecule has 1 aliphatic rings. The highest BCUT2D eigenvalue weighted by atomic mass is 19.4. The lowest BCUT2D eigenvalue weighted by atomic mass is 10.0.